The van der Waals surface area contributed by atoms with Crippen LogP contribution in [0.1, 0.15) is 5.69 Å². The summed E-state index contributed by atoms with van der Waals surface area (Å²) < 4.78 is 0. The monoisotopic (exact) mass is 361 g/mol. The lowest BCUT2D eigenvalue weighted by atomic mass is 10.0. The van der Waals surface area contributed by atoms with Crippen LogP contribution in [-0.4, -0.2) is 42.1 Å². The molecule has 0 bridgehead atoms. The molecule has 25 heavy (non-hydrogen) atoms. The fourth-order valence-electron chi connectivity index (χ4n) is 2.31. The first-order valence-electron chi connectivity index (χ1n) is 7.82. The number of benzene rings is 1. The van der Waals surface area contributed by atoms with Gasteiger partial charge in [0.1, 0.15) is 0 Å². The summed E-state index contributed by atoms with van der Waals surface area (Å²) in [5, 5.41) is 12.6. The zero-order chi connectivity index (χ0) is 18.2. The van der Waals surface area contributed by atoms with Crippen molar-refractivity contribution < 1.29 is 14.7 Å². The molecule has 1 heterocycles. The zero-order valence-corrected chi connectivity index (χ0v) is 14.6. The number of hydrogen-bond acceptors (Lipinski definition) is 4. The number of rotatable bonds is 8. The van der Waals surface area contributed by atoms with Gasteiger partial charge in [0.2, 0.25) is 5.91 Å². The van der Waals surface area contributed by atoms with Crippen molar-refractivity contribution in [2.75, 3.05) is 25.0 Å². The van der Waals surface area contributed by atoms with E-state index in [4.69, 9.17) is 11.6 Å². The van der Waals surface area contributed by atoms with Gasteiger partial charge in [0.05, 0.1) is 12.5 Å². The summed E-state index contributed by atoms with van der Waals surface area (Å²) in [6, 6.07) is 12.5. The maximum Gasteiger partial charge on any atom is 0.308 e. The molecule has 0 spiro atoms. The molecule has 1 unspecified atom stereocenters. The number of carboxylic acids is 1. The number of hydrogen-bond donors (Lipinski definition) is 2. The van der Waals surface area contributed by atoms with Crippen molar-refractivity contribution in [3.05, 3.63) is 59.4 Å². The van der Waals surface area contributed by atoms with Crippen LogP contribution in [0.15, 0.2) is 48.7 Å². The lowest BCUT2D eigenvalue weighted by Crippen LogP contribution is -2.39. The van der Waals surface area contributed by atoms with Crippen LogP contribution < -0.4 is 10.2 Å². The first kappa shape index (κ1) is 18.7. The molecular weight excluding hydrogens is 342 g/mol. The Morgan fingerprint density at radius 2 is 1.96 bits per heavy atom. The molecule has 7 heteroatoms. The van der Waals surface area contributed by atoms with Gasteiger partial charge in [0.25, 0.3) is 0 Å². The predicted molar refractivity (Wildman–Crippen MR) is 96.8 cm³/mol. The van der Waals surface area contributed by atoms with E-state index < -0.39 is 11.9 Å². The Hall–Kier alpha value is -2.60. The molecule has 0 saturated heterocycles. The fourth-order valence-corrected chi connectivity index (χ4v) is 2.44. The zero-order valence-electron chi connectivity index (χ0n) is 13.9. The van der Waals surface area contributed by atoms with E-state index in [1.54, 1.807) is 48.5 Å². The number of carboxylic acid groups (broad SMARTS) is 1. The molecule has 0 aliphatic rings. The number of nitrogens with one attached hydrogen (secondary N) is 1. The Kier molecular flexibility index (Phi) is 6.77. The second kappa shape index (κ2) is 9.03. The van der Waals surface area contributed by atoms with E-state index in [-0.39, 0.29) is 25.4 Å². The van der Waals surface area contributed by atoms with Gasteiger partial charge in [-0.15, -0.1) is 0 Å². The molecule has 0 radical (unpaired) electrons. The maximum absolute atomic E-state index is 12.1. The van der Waals surface area contributed by atoms with Gasteiger partial charge in [-0.05, 0) is 36.4 Å². The molecule has 0 aliphatic heterocycles. The standard InChI is InChI=1S/C18H20ClN3O3/c1-22(16-7-5-14(19)6-8-16)12-17(23)21-11-13(18(24)25)10-15-4-2-3-9-20-15/h2-9,13H,10-12H2,1H3,(H,21,23)(H,24,25). The van der Waals surface area contributed by atoms with Crippen molar-refractivity contribution in [2.45, 2.75) is 6.42 Å². The van der Waals surface area contributed by atoms with Gasteiger partial charge < -0.3 is 15.3 Å². The molecule has 0 aliphatic carbocycles. The highest BCUT2D eigenvalue weighted by Gasteiger charge is 2.20. The van der Waals surface area contributed by atoms with E-state index in [9.17, 15) is 14.7 Å². The van der Waals surface area contributed by atoms with Gasteiger partial charge in [0, 0.05) is 42.6 Å². The third-order valence-corrected chi connectivity index (χ3v) is 3.98. The molecule has 1 atom stereocenters. The maximum atomic E-state index is 12.1. The van der Waals surface area contributed by atoms with Gasteiger partial charge >= 0.3 is 5.97 Å². The smallest absolute Gasteiger partial charge is 0.308 e. The lowest BCUT2D eigenvalue weighted by Gasteiger charge is -2.20. The van der Waals surface area contributed by atoms with Gasteiger partial charge in [-0.25, -0.2) is 0 Å². The summed E-state index contributed by atoms with van der Waals surface area (Å²) in [6.07, 6.45) is 1.89. The molecule has 0 fully saturated rings. The van der Waals surface area contributed by atoms with E-state index >= 15 is 0 Å². The Bertz CT molecular complexity index is 707. The second-order valence-electron chi connectivity index (χ2n) is 5.70. The number of amides is 1. The SMILES string of the molecule is CN(CC(=O)NCC(Cc1ccccn1)C(=O)O)c1ccc(Cl)cc1. The highest BCUT2D eigenvalue weighted by Crippen LogP contribution is 2.16. The van der Waals surface area contributed by atoms with Crippen LogP contribution in [0.3, 0.4) is 0 Å². The van der Waals surface area contributed by atoms with Crippen molar-refractivity contribution in [1.29, 1.82) is 0 Å². The minimum absolute atomic E-state index is 0.0548. The van der Waals surface area contributed by atoms with E-state index in [1.807, 2.05) is 12.1 Å². The Balaban J connectivity index is 1.86. The number of pyridine rings is 1. The summed E-state index contributed by atoms with van der Waals surface area (Å²) in [4.78, 5) is 29.4. The average molecular weight is 362 g/mol. The molecular formula is C18H20ClN3O3. The number of likely N-dealkylation sites (N-methyl/N-ethyl adjacent to an activating group) is 1. The normalized spacial score (nSPS) is 11.6. The molecule has 1 amide bonds. The number of anilines is 1. The molecule has 2 aromatic rings. The van der Waals surface area contributed by atoms with E-state index in [2.05, 4.69) is 10.3 Å². The number of carbonyl (C=O) groups excluding carboxylic acids is 1. The lowest BCUT2D eigenvalue weighted by molar-refractivity contribution is -0.141. The Labute approximate surface area is 151 Å². The molecule has 2 rings (SSSR count). The minimum atomic E-state index is -0.961. The number of halogens is 1. The quantitative estimate of drug-likeness (QED) is 0.753. The second-order valence-corrected chi connectivity index (χ2v) is 6.13. The molecule has 1 aromatic heterocycles. The molecule has 2 N–H and O–H groups in total. The topological polar surface area (TPSA) is 82.5 Å². The number of aliphatic carboxylic acids is 1. The third-order valence-electron chi connectivity index (χ3n) is 3.72. The third kappa shape index (κ3) is 6.08. The molecule has 132 valence electrons. The van der Waals surface area contributed by atoms with Crippen LogP contribution in [0, 0.1) is 5.92 Å². The van der Waals surface area contributed by atoms with Crippen molar-refractivity contribution >= 4 is 29.2 Å². The van der Waals surface area contributed by atoms with Crippen LogP contribution in [0.4, 0.5) is 5.69 Å². The van der Waals surface area contributed by atoms with E-state index in [0.717, 1.165) is 5.69 Å². The van der Waals surface area contributed by atoms with Crippen molar-refractivity contribution in [2.24, 2.45) is 5.92 Å². The van der Waals surface area contributed by atoms with Crippen LogP contribution in [0.5, 0.6) is 0 Å². The Morgan fingerprint density at radius 3 is 2.56 bits per heavy atom. The van der Waals surface area contributed by atoms with Gasteiger partial charge in [-0.3, -0.25) is 14.6 Å². The van der Waals surface area contributed by atoms with Gasteiger partial charge in [0.15, 0.2) is 0 Å². The van der Waals surface area contributed by atoms with E-state index in [0.29, 0.717) is 10.7 Å². The summed E-state index contributed by atoms with van der Waals surface area (Å²) in [6.45, 7) is 0.177. The molecule has 1 aromatic carbocycles. The number of aromatic nitrogens is 1. The molecule has 6 nitrogen and oxygen atoms in total. The van der Waals surface area contributed by atoms with E-state index in [1.165, 1.54) is 0 Å². The largest absolute Gasteiger partial charge is 0.481 e. The first-order chi connectivity index (χ1) is 12.0. The van der Waals surface area contributed by atoms with Crippen LogP contribution in [0.2, 0.25) is 5.02 Å². The number of carbonyl (C=O) groups is 2. The minimum Gasteiger partial charge on any atom is -0.481 e. The predicted octanol–water partition coefficient (Wildman–Crippen LogP) is 2.23. The van der Waals surface area contributed by atoms with Crippen molar-refractivity contribution in [1.82, 2.24) is 10.3 Å². The highest BCUT2D eigenvalue weighted by atomic mass is 35.5. The summed E-state index contributed by atoms with van der Waals surface area (Å²) in [5.74, 6) is -1.93. The number of nitrogens with zero attached hydrogens (tertiary/aromatic N) is 2. The summed E-state index contributed by atoms with van der Waals surface area (Å²) in [7, 11) is 1.78. The van der Waals surface area contributed by atoms with Crippen molar-refractivity contribution in [3.63, 3.8) is 0 Å². The fraction of sp³-hybridized carbons (Fsp3) is 0.278. The van der Waals surface area contributed by atoms with Crippen LogP contribution >= 0.6 is 11.6 Å². The molecule has 0 saturated carbocycles. The summed E-state index contributed by atoms with van der Waals surface area (Å²) >= 11 is 5.84. The van der Waals surface area contributed by atoms with Gasteiger partial charge in [-0.2, -0.15) is 0 Å². The average Bonchev–Trinajstić information content (AvgIpc) is 2.59. The highest BCUT2D eigenvalue weighted by molar-refractivity contribution is 6.30. The van der Waals surface area contributed by atoms with Crippen LogP contribution in [0.25, 0.3) is 0 Å². The first-order valence-corrected chi connectivity index (χ1v) is 8.19. The van der Waals surface area contributed by atoms with Crippen LogP contribution in [-0.2, 0) is 16.0 Å². The van der Waals surface area contributed by atoms with Crippen molar-refractivity contribution in [3.8, 4) is 0 Å². The summed E-state index contributed by atoms with van der Waals surface area (Å²) in [5.41, 5.74) is 1.53. The van der Waals surface area contributed by atoms with Gasteiger partial charge in [-0.1, -0.05) is 17.7 Å². The Morgan fingerprint density at radius 1 is 1.24 bits per heavy atom.